The van der Waals surface area contributed by atoms with Crippen molar-refractivity contribution < 1.29 is 4.79 Å². The summed E-state index contributed by atoms with van der Waals surface area (Å²) in [5.74, 6) is 0.258. The number of urea groups is 1. The van der Waals surface area contributed by atoms with Crippen LogP contribution in [0.25, 0.3) is 5.69 Å². The topological polar surface area (TPSA) is 37.3 Å². The van der Waals surface area contributed by atoms with Gasteiger partial charge in [0.1, 0.15) is 0 Å². The van der Waals surface area contributed by atoms with Crippen molar-refractivity contribution in [1.82, 2.24) is 9.47 Å². The minimum atomic E-state index is -0.117. The molecule has 4 nitrogen and oxygen atoms in total. The third-order valence-electron chi connectivity index (χ3n) is 5.34. The standard InChI is InChI=1S/C23H24ClN3O/c1-15(2)22-21-9-6-12-26(21)20-8-5-4-7-17(20)14-27(22)23(28)25-19-13-18(24)11-10-16(19)3/h4-13,15,22H,14H2,1-3H3,(H,25,28). The van der Waals surface area contributed by atoms with Gasteiger partial charge in [-0.05, 0) is 54.3 Å². The highest BCUT2D eigenvalue weighted by Crippen LogP contribution is 2.37. The van der Waals surface area contributed by atoms with Crippen molar-refractivity contribution in [3.8, 4) is 5.69 Å². The van der Waals surface area contributed by atoms with E-state index < -0.39 is 0 Å². The second-order valence-corrected chi connectivity index (χ2v) is 8.07. The van der Waals surface area contributed by atoms with Crippen LogP contribution in [0, 0.1) is 12.8 Å². The first kappa shape index (κ1) is 18.6. The number of amides is 2. The first-order valence-electron chi connectivity index (χ1n) is 9.55. The number of benzene rings is 2. The second kappa shape index (κ2) is 7.36. The average molecular weight is 394 g/mol. The van der Waals surface area contributed by atoms with E-state index in [1.807, 2.05) is 42.2 Å². The van der Waals surface area contributed by atoms with Gasteiger partial charge in [0.15, 0.2) is 0 Å². The van der Waals surface area contributed by atoms with Gasteiger partial charge in [-0.25, -0.2) is 4.79 Å². The third kappa shape index (κ3) is 3.29. The number of para-hydroxylation sites is 1. The van der Waals surface area contributed by atoms with Crippen LogP contribution >= 0.6 is 11.6 Å². The van der Waals surface area contributed by atoms with Crippen LogP contribution in [0.15, 0.2) is 60.8 Å². The first-order chi connectivity index (χ1) is 13.5. The number of carbonyl (C=O) groups is 1. The molecule has 1 unspecified atom stereocenters. The molecule has 0 bridgehead atoms. The number of halogens is 1. The Kier molecular flexibility index (Phi) is 4.90. The lowest BCUT2D eigenvalue weighted by atomic mass is 9.99. The zero-order valence-corrected chi connectivity index (χ0v) is 17.1. The van der Waals surface area contributed by atoms with Crippen molar-refractivity contribution in [3.63, 3.8) is 0 Å². The molecule has 1 aliphatic heterocycles. The van der Waals surface area contributed by atoms with E-state index in [4.69, 9.17) is 11.6 Å². The molecule has 5 heteroatoms. The maximum Gasteiger partial charge on any atom is 0.322 e. The molecule has 1 aliphatic rings. The molecule has 0 saturated carbocycles. The molecular weight excluding hydrogens is 370 g/mol. The molecule has 28 heavy (non-hydrogen) atoms. The van der Waals surface area contributed by atoms with E-state index in [0.29, 0.717) is 11.6 Å². The van der Waals surface area contributed by atoms with Crippen molar-refractivity contribution in [2.24, 2.45) is 5.92 Å². The van der Waals surface area contributed by atoms with Crippen molar-refractivity contribution >= 4 is 23.3 Å². The van der Waals surface area contributed by atoms with Crippen LogP contribution in [0.5, 0.6) is 0 Å². The van der Waals surface area contributed by atoms with Crippen LogP contribution in [0.2, 0.25) is 5.02 Å². The van der Waals surface area contributed by atoms with E-state index >= 15 is 0 Å². The maximum absolute atomic E-state index is 13.4. The van der Waals surface area contributed by atoms with Crippen LogP contribution in [-0.2, 0) is 6.54 Å². The minimum absolute atomic E-state index is 0.0399. The molecular formula is C23H24ClN3O. The van der Waals surface area contributed by atoms with Gasteiger partial charge in [0.2, 0.25) is 0 Å². The molecule has 2 aromatic carbocycles. The van der Waals surface area contributed by atoms with E-state index in [0.717, 1.165) is 28.2 Å². The van der Waals surface area contributed by atoms with E-state index in [-0.39, 0.29) is 18.0 Å². The van der Waals surface area contributed by atoms with E-state index in [1.165, 1.54) is 0 Å². The Morgan fingerprint density at radius 1 is 1.14 bits per heavy atom. The molecule has 1 aromatic heterocycles. The lowest BCUT2D eigenvalue weighted by molar-refractivity contribution is 0.162. The number of anilines is 1. The monoisotopic (exact) mass is 393 g/mol. The van der Waals surface area contributed by atoms with Crippen LogP contribution in [-0.4, -0.2) is 15.5 Å². The van der Waals surface area contributed by atoms with Gasteiger partial charge in [-0.15, -0.1) is 0 Å². The quantitative estimate of drug-likeness (QED) is 0.554. The van der Waals surface area contributed by atoms with E-state index in [2.05, 4.69) is 48.1 Å². The number of nitrogens with one attached hydrogen (secondary N) is 1. The molecule has 4 rings (SSSR count). The largest absolute Gasteiger partial charge is 0.322 e. The van der Waals surface area contributed by atoms with Gasteiger partial charge in [-0.1, -0.05) is 49.7 Å². The molecule has 2 amide bonds. The summed E-state index contributed by atoms with van der Waals surface area (Å²) in [5, 5.41) is 3.69. The molecule has 1 N–H and O–H groups in total. The molecule has 0 saturated heterocycles. The SMILES string of the molecule is Cc1ccc(Cl)cc1NC(=O)N1Cc2ccccc2-n2cccc2C1C(C)C. The molecule has 0 fully saturated rings. The molecule has 0 spiro atoms. The minimum Gasteiger partial charge on any atom is -0.318 e. The van der Waals surface area contributed by atoms with Crippen molar-refractivity contribution in [1.29, 1.82) is 0 Å². The summed E-state index contributed by atoms with van der Waals surface area (Å²) in [5.41, 5.74) is 5.10. The molecule has 3 aromatic rings. The molecule has 2 heterocycles. The smallest absolute Gasteiger partial charge is 0.318 e. The van der Waals surface area contributed by atoms with Crippen LogP contribution in [0.1, 0.15) is 36.7 Å². The summed E-state index contributed by atoms with van der Waals surface area (Å²) in [7, 11) is 0. The van der Waals surface area contributed by atoms with Crippen molar-refractivity contribution in [2.75, 3.05) is 5.32 Å². The van der Waals surface area contributed by atoms with Crippen LogP contribution in [0.3, 0.4) is 0 Å². The Morgan fingerprint density at radius 3 is 2.71 bits per heavy atom. The number of nitrogens with zero attached hydrogens (tertiary/aromatic N) is 2. The van der Waals surface area contributed by atoms with E-state index in [9.17, 15) is 4.79 Å². The number of rotatable bonds is 2. The second-order valence-electron chi connectivity index (χ2n) is 7.64. The summed E-state index contributed by atoms with van der Waals surface area (Å²) in [6.45, 7) is 6.83. The number of aromatic nitrogens is 1. The molecule has 0 radical (unpaired) electrons. The van der Waals surface area contributed by atoms with Gasteiger partial charge in [-0.3, -0.25) is 0 Å². The first-order valence-corrected chi connectivity index (χ1v) is 9.93. The predicted octanol–water partition coefficient (Wildman–Crippen LogP) is 6.18. The summed E-state index contributed by atoms with van der Waals surface area (Å²) >= 11 is 6.14. The van der Waals surface area contributed by atoms with Crippen molar-refractivity contribution in [3.05, 3.63) is 82.6 Å². The lowest BCUT2D eigenvalue weighted by Gasteiger charge is -2.33. The Balaban J connectivity index is 1.77. The summed E-state index contributed by atoms with van der Waals surface area (Å²) in [6.07, 6.45) is 2.08. The Labute approximate surface area is 170 Å². The molecule has 1 atom stereocenters. The summed E-state index contributed by atoms with van der Waals surface area (Å²) in [4.78, 5) is 15.3. The Morgan fingerprint density at radius 2 is 1.93 bits per heavy atom. The zero-order valence-electron chi connectivity index (χ0n) is 16.3. The van der Waals surface area contributed by atoms with Crippen LogP contribution in [0.4, 0.5) is 10.5 Å². The Bertz CT molecular complexity index is 1020. The number of aryl methyl sites for hydroxylation is 1. The summed E-state index contributed by atoms with van der Waals surface area (Å²) in [6, 6.07) is 17.8. The lowest BCUT2D eigenvalue weighted by Crippen LogP contribution is -2.39. The molecule has 0 aliphatic carbocycles. The van der Waals surface area contributed by atoms with Gasteiger partial charge in [-0.2, -0.15) is 0 Å². The predicted molar refractivity (Wildman–Crippen MR) is 114 cm³/mol. The van der Waals surface area contributed by atoms with Gasteiger partial charge in [0.05, 0.1) is 18.3 Å². The Hall–Kier alpha value is -2.72. The van der Waals surface area contributed by atoms with Gasteiger partial charge >= 0.3 is 6.03 Å². The van der Waals surface area contributed by atoms with Gasteiger partial charge in [0, 0.05) is 22.6 Å². The summed E-state index contributed by atoms with van der Waals surface area (Å²) < 4.78 is 2.21. The number of fused-ring (bicyclic) bond motifs is 3. The van der Waals surface area contributed by atoms with Gasteiger partial charge in [0.25, 0.3) is 0 Å². The normalized spacial score (nSPS) is 15.8. The van der Waals surface area contributed by atoms with Gasteiger partial charge < -0.3 is 14.8 Å². The third-order valence-corrected chi connectivity index (χ3v) is 5.58. The van der Waals surface area contributed by atoms with E-state index in [1.54, 1.807) is 6.07 Å². The fourth-order valence-electron chi connectivity index (χ4n) is 3.99. The fraction of sp³-hybridized carbons (Fsp3) is 0.261. The highest BCUT2D eigenvalue weighted by Gasteiger charge is 2.33. The number of carbonyl (C=O) groups excluding carboxylic acids is 1. The number of hydrogen-bond donors (Lipinski definition) is 1. The van der Waals surface area contributed by atoms with Crippen LogP contribution < -0.4 is 5.32 Å². The fourth-order valence-corrected chi connectivity index (χ4v) is 4.16. The highest BCUT2D eigenvalue weighted by atomic mass is 35.5. The highest BCUT2D eigenvalue weighted by molar-refractivity contribution is 6.31. The zero-order chi connectivity index (χ0) is 19.8. The average Bonchev–Trinajstić information content (AvgIpc) is 3.08. The maximum atomic E-state index is 13.4. The molecule has 144 valence electrons. The van der Waals surface area contributed by atoms with Crippen molar-refractivity contribution in [2.45, 2.75) is 33.4 Å². The number of hydrogen-bond acceptors (Lipinski definition) is 1.